The molecule has 0 spiro atoms. The largest absolute Gasteiger partial charge is 0.444 e. The van der Waals surface area contributed by atoms with E-state index in [0.717, 1.165) is 23.3 Å². The summed E-state index contributed by atoms with van der Waals surface area (Å²) in [4.78, 5) is 20.3. The van der Waals surface area contributed by atoms with Crippen LogP contribution < -0.4 is 15.5 Å². The summed E-state index contributed by atoms with van der Waals surface area (Å²) in [5, 5.41) is 16.8. The molecule has 12 heteroatoms. The van der Waals surface area contributed by atoms with Gasteiger partial charge in [-0.05, 0) is 76.5 Å². The van der Waals surface area contributed by atoms with Gasteiger partial charge in [0.2, 0.25) is 0 Å². The molecule has 1 aromatic carbocycles. The quantitative estimate of drug-likeness (QED) is 0.366. The van der Waals surface area contributed by atoms with Crippen molar-refractivity contribution in [2.75, 3.05) is 44.7 Å². The first-order valence-corrected chi connectivity index (χ1v) is 15.0. The molecule has 0 aliphatic carbocycles. The summed E-state index contributed by atoms with van der Waals surface area (Å²) in [6.07, 6.45) is 5.60. The number of aromatic nitrogens is 1. The Morgan fingerprint density at radius 1 is 1.22 bits per heavy atom. The fourth-order valence-electron chi connectivity index (χ4n) is 5.62. The zero-order valence-corrected chi connectivity index (χ0v) is 26.4. The van der Waals surface area contributed by atoms with Gasteiger partial charge >= 0.3 is 12.3 Å². The number of carbonyl (C=O) groups excluding carboxylic acids is 1. The lowest BCUT2D eigenvalue weighted by atomic mass is 9.78. The number of benzene rings is 1. The first kappa shape index (κ1) is 33.8. The number of halogens is 3. The molecule has 4 rings (SSSR count). The molecule has 45 heavy (non-hydrogen) atoms. The van der Waals surface area contributed by atoms with Gasteiger partial charge in [-0.2, -0.15) is 18.4 Å². The molecule has 2 N–H and O–H groups in total. The molecule has 3 heterocycles. The summed E-state index contributed by atoms with van der Waals surface area (Å²) >= 11 is 0. The van der Waals surface area contributed by atoms with Crippen molar-refractivity contribution in [3.63, 3.8) is 0 Å². The number of dihydropyridines is 1. The van der Waals surface area contributed by atoms with Gasteiger partial charge in [0.25, 0.3) is 0 Å². The molecule has 0 radical (unpaired) electrons. The number of nitriles is 1. The first-order valence-electron chi connectivity index (χ1n) is 15.0. The van der Waals surface area contributed by atoms with E-state index in [2.05, 4.69) is 15.6 Å². The Morgan fingerprint density at radius 3 is 2.51 bits per heavy atom. The number of rotatable bonds is 9. The molecule has 2 aliphatic rings. The van der Waals surface area contributed by atoms with Crippen molar-refractivity contribution >= 4 is 11.8 Å². The summed E-state index contributed by atoms with van der Waals surface area (Å²) in [7, 11) is 1.69. The van der Waals surface area contributed by atoms with Crippen LogP contribution in [-0.2, 0) is 21.4 Å². The number of amides is 1. The van der Waals surface area contributed by atoms with E-state index >= 15 is 0 Å². The number of nitrogens with zero attached hydrogens (tertiary/aromatic N) is 4. The van der Waals surface area contributed by atoms with Crippen LogP contribution in [0.5, 0.6) is 0 Å². The molecule has 242 valence electrons. The molecule has 2 aromatic rings. The molecule has 2 aliphatic heterocycles. The van der Waals surface area contributed by atoms with Crippen molar-refractivity contribution in [2.24, 2.45) is 0 Å². The van der Waals surface area contributed by atoms with Crippen LogP contribution in [0.3, 0.4) is 0 Å². The Balaban J connectivity index is 1.57. The summed E-state index contributed by atoms with van der Waals surface area (Å²) in [5.74, 6) is 0. The van der Waals surface area contributed by atoms with Gasteiger partial charge in [-0.15, -0.1) is 0 Å². The van der Waals surface area contributed by atoms with Crippen LogP contribution in [0.4, 0.5) is 23.7 Å². The van der Waals surface area contributed by atoms with Gasteiger partial charge in [0, 0.05) is 69.5 Å². The van der Waals surface area contributed by atoms with Crippen LogP contribution in [0, 0.1) is 11.3 Å². The summed E-state index contributed by atoms with van der Waals surface area (Å²) in [5.41, 5.74) is -0.621. The number of hydrogen-bond acceptors (Lipinski definition) is 8. The molecule has 1 aromatic heterocycles. The SMILES string of the molecule is CCOC1(c2cccnc2)C=CC(C2(NCCN(C)C(=O)OC(C)(C)C)CCN(c3ccc(C(F)(F)F)cc3C#N)CC2)=CN1. The predicted octanol–water partition coefficient (Wildman–Crippen LogP) is 5.70. The molecule has 1 saturated heterocycles. The number of carbonyl (C=O) groups is 1. The summed E-state index contributed by atoms with van der Waals surface area (Å²) in [6, 6.07) is 9.03. The number of nitrogens with one attached hydrogen (secondary N) is 2. The minimum Gasteiger partial charge on any atom is -0.444 e. The highest BCUT2D eigenvalue weighted by Gasteiger charge is 2.41. The zero-order chi connectivity index (χ0) is 32.9. The van der Waals surface area contributed by atoms with Crippen molar-refractivity contribution in [3.05, 3.63) is 83.3 Å². The highest BCUT2D eigenvalue weighted by molar-refractivity contribution is 5.67. The summed E-state index contributed by atoms with van der Waals surface area (Å²) in [6.45, 7) is 9.65. The van der Waals surface area contributed by atoms with Crippen LogP contribution in [0.1, 0.15) is 57.2 Å². The van der Waals surface area contributed by atoms with Gasteiger partial charge in [0.1, 0.15) is 11.7 Å². The van der Waals surface area contributed by atoms with E-state index in [4.69, 9.17) is 9.47 Å². The smallest absolute Gasteiger partial charge is 0.416 e. The summed E-state index contributed by atoms with van der Waals surface area (Å²) < 4.78 is 51.6. The van der Waals surface area contributed by atoms with E-state index < -0.39 is 34.7 Å². The van der Waals surface area contributed by atoms with E-state index in [1.165, 1.54) is 11.0 Å². The fraction of sp³-hybridized carbons (Fsp3) is 0.485. The fourth-order valence-corrected chi connectivity index (χ4v) is 5.62. The lowest BCUT2D eigenvalue weighted by molar-refractivity contribution is -0.137. The maximum atomic E-state index is 13.3. The standard InChI is InChI=1S/C33H41F3N6O3/c1-6-44-32(27-8-7-15-38-22-27)12-11-26(23-40-32)31(39-16-19-41(5)29(43)45-30(2,3)4)13-17-42(18-14-31)28-10-9-25(33(34,35)36)20-24(28)21-37/h7-12,15,20,22-23,39-40H,6,13-14,16-19H2,1-5H3. The van der Waals surface area contributed by atoms with Gasteiger partial charge in [0.15, 0.2) is 5.72 Å². The highest BCUT2D eigenvalue weighted by atomic mass is 19.4. The molecule has 1 fully saturated rings. The maximum Gasteiger partial charge on any atom is 0.416 e. The maximum absolute atomic E-state index is 13.3. The van der Waals surface area contributed by atoms with Crippen LogP contribution in [-0.4, -0.2) is 67.0 Å². The monoisotopic (exact) mass is 626 g/mol. The predicted molar refractivity (Wildman–Crippen MR) is 165 cm³/mol. The second-order valence-corrected chi connectivity index (χ2v) is 12.2. The molecule has 1 amide bonds. The molecule has 1 unspecified atom stereocenters. The van der Waals surface area contributed by atoms with Gasteiger partial charge in [0.05, 0.1) is 16.8 Å². The Morgan fingerprint density at radius 2 is 1.96 bits per heavy atom. The topological polar surface area (TPSA) is 103 Å². The van der Waals surface area contributed by atoms with Crippen LogP contribution >= 0.6 is 0 Å². The van der Waals surface area contributed by atoms with Crippen LogP contribution in [0.2, 0.25) is 0 Å². The molecular weight excluding hydrogens is 585 g/mol. The molecule has 0 bridgehead atoms. The second-order valence-electron chi connectivity index (χ2n) is 12.2. The van der Waals surface area contributed by atoms with Gasteiger partial charge in [-0.3, -0.25) is 4.98 Å². The number of piperidine rings is 1. The third-order valence-corrected chi connectivity index (χ3v) is 7.97. The number of alkyl halides is 3. The zero-order valence-electron chi connectivity index (χ0n) is 26.4. The number of pyridine rings is 1. The van der Waals surface area contributed by atoms with E-state index in [9.17, 15) is 23.2 Å². The van der Waals surface area contributed by atoms with Gasteiger partial charge in [-0.25, -0.2) is 4.79 Å². The average molecular weight is 627 g/mol. The third kappa shape index (κ3) is 7.96. The van der Waals surface area contributed by atoms with E-state index in [-0.39, 0.29) is 5.56 Å². The average Bonchev–Trinajstić information content (AvgIpc) is 3.00. The molecule has 1 atom stereocenters. The van der Waals surface area contributed by atoms with Crippen molar-refractivity contribution in [1.29, 1.82) is 5.26 Å². The molecular formula is C33H41F3N6O3. The number of hydrogen-bond donors (Lipinski definition) is 2. The van der Waals surface area contributed by atoms with Crippen LogP contribution in [0.25, 0.3) is 0 Å². The highest BCUT2D eigenvalue weighted by Crippen LogP contribution is 2.38. The normalized spacial score (nSPS) is 19.7. The third-order valence-electron chi connectivity index (χ3n) is 7.97. The minimum atomic E-state index is -4.53. The molecule has 9 nitrogen and oxygen atoms in total. The minimum absolute atomic E-state index is 0.0133. The van der Waals surface area contributed by atoms with Crippen molar-refractivity contribution in [2.45, 2.75) is 63.6 Å². The Kier molecular flexibility index (Phi) is 10.1. The number of likely N-dealkylation sites (N-methyl/N-ethyl adjacent to an activating group) is 1. The number of anilines is 1. The van der Waals surface area contributed by atoms with Gasteiger partial charge in [-0.1, -0.05) is 12.1 Å². The van der Waals surface area contributed by atoms with E-state index in [1.54, 1.807) is 19.4 Å². The second kappa shape index (κ2) is 13.5. The van der Waals surface area contributed by atoms with Crippen molar-refractivity contribution < 1.29 is 27.4 Å². The van der Waals surface area contributed by atoms with Crippen molar-refractivity contribution in [1.82, 2.24) is 20.5 Å². The molecule has 0 saturated carbocycles. The van der Waals surface area contributed by atoms with E-state index in [0.29, 0.717) is 51.3 Å². The van der Waals surface area contributed by atoms with Crippen LogP contribution in [0.15, 0.2) is 66.7 Å². The number of ether oxygens (including phenoxy) is 2. The Bertz CT molecular complexity index is 1440. The Labute approximate surface area is 262 Å². The lowest BCUT2D eigenvalue weighted by Gasteiger charge is -2.46. The Hall–Kier alpha value is -4.08. The van der Waals surface area contributed by atoms with Gasteiger partial charge < -0.3 is 29.9 Å². The lowest BCUT2D eigenvalue weighted by Crippen LogP contribution is -2.57. The van der Waals surface area contributed by atoms with E-state index in [1.807, 2.05) is 69.1 Å². The first-order chi connectivity index (χ1) is 21.2. The van der Waals surface area contributed by atoms with Crippen molar-refractivity contribution in [3.8, 4) is 6.07 Å².